The highest BCUT2D eigenvalue weighted by Crippen LogP contribution is 2.48. The number of carbonyl (C=O) groups is 1. The van der Waals surface area contributed by atoms with Crippen LogP contribution in [0.1, 0.15) is 11.5 Å². The number of hydrogen-bond donors (Lipinski definition) is 1. The van der Waals surface area contributed by atoms with Crippen molar-refractivity contribution in [2.24, 2.45) is 0 Å². The number of nitrogens with one attached hydrogen (secondary N) is 1. The van der Waals surface area contributed by atoms with Crippen LogP contribution in [0.15, 0.2) is 29.3 Å². The molecule has 0 spiro atoms. The van der Waals surface area contributed by atoms with Gasteiger partial charge in [0.05, 0.1) is 6.61 Å². The van der Waals surface area contributed by atoms with Crippen molar-refractivity contribution in [1.29, 1.82) is 0 Å². The molecule has 3 heterocycles. The first-order valence-electron chi connectivity index (χ1n) is 5.28. The maximum absolute atomic E-state index is 11.6. The van der Waals surface area contributed by atoms with Crippen molar-refractivity contribution in [3.05, 3.63) is 30.0 Å². The lowest BCUT2D eigenvalue weighted by atomic mass is 9.97. The molecule has 1 aromatic heterocycles. The second-order valence-corrected chi connectivity index (χ2v) is 5.38. The normalized spacial score (nSPS) is 26.9. The summed E-state index contributed by atoms with van der Waals surface area (Å²) in [7, 11) is 0. The van der Waals surface area contributed by atoms with E-state index in [-0.39, 0.29) is 17.1 Å². The summed E-state index contributed by atoms with van der Waals surface area (Å²) in [6, 6.07) is 6.17. The number of aromatic amines is 1. The van der Waals surface area contributed by atoms with E-state index in [4.69, 9.17) is 4.74 Å². The van der Waals surface area contributed by atoms with Crippen LogP contribution in [0.4, 0.5) is 0 Å². The number of aromatic nitrogens is 1. The van der Waals surface area contributed by atoms with E-state index in [0.29, 0.717) is 6.61 Å². The summed E-state index contributed by atoms with van der Waals surface area (Å²) in [5.74, 6) is 0.153. The molecule has 4 rings (SSSR count). The Morgan fingerprint density at radius 2 is 2.38 bits per heavy atom. The van der Waals surface area contributed by atoms with Gasteiger partial charge in [-0.3, -0.25) is 4.79 Å². The number of rotatable bonds is 0. The highest BCUT2D eigenvalue weighted by atomic mass is 32.2. The molecular formula is C12H9NO2S. The Balaban J connectivity index is 2.03. The molecule has 1 fully saturated rings. The van der Waals surface area contributed by atoms with Crippen LogP contribution in [0.25, 0.3) is 10.9 Å². The average Bonchev–Trinajstić information content (AvgIpc) is 2.87. The van der Waals surface area contributed by atoms with E-state index in [9.17, 15) is 4.79 Å². The number of cyclic esters (lactones) is 1. The van der Waals surface area contributed by atoms with Crippen molar-refractivity contribution in [1.82, 2.24) is 4.98 Å². The number of fused-ring (bicyclic) bond motifs is 2. The summed E-state index contributed by atoms with van der Waals surface area (Å²) in [4.78, 5) is 16.1. The Hall–Kier alpha value is -1.42. The van der Waals surface area contributed by atoms with E-state index in [0.717, 1.165) is 5.52 Å². The Kier molecular flexibility index (Phi) is 1.54. The highest BCUT2D eigenvalue weighted by molar-refractivity contribution is 8.01. The van der Waals surface area contributed by atoms with E-state index < -0.39 is 0 Å². The molecule has 2 aromatic rings. The third-order valence-corrected chi connectivity index (χ3v) is 4.72. The summed E-state index contributed by atoms with van der Waals surface area (Å²) in [6.45, 7) is 0.526. The first kappa shape index (κ1) is 8.70. The quantitative estimate of drug-likeness (QED) is 0.707. The molecule has 0 amide bonds. The van der Waals surface area contributed by atoms with E-state index in [1.54, 1.807) is 11.8 Å². The van der Waals surface area contributed by atoms with Gasteiger partial charge in [0, 0.05) is 27.9 Å². The number of hydrogen-bond acceptors (Lipinski definition) is 3. The fourth-order valence-electron chi connectivity index (χ4n) is 2.59. The molecule has 2 atom stereocenters. The minimum Gasteiger partial charge on any atom is -0.464 e. The van der Waals surface area contributed by atoms with Gasteiger partial charge in [-0.2, -0.15) is 0 Å². The third kappa shape index (κ3) is 0.930. The van der Waals surface area contributed by atoms with Gasteiger partial charge in [0.2, 0.25) is 0 Å². The maximum atomic E-state index is 11.6. The molecule has 1 aromatic carbocycles. The monoisotopic (exact) mass is 231 g/mol. The van der Waals surface area contributed by atoms with Gasteiger partial charge in [0.25, 0.3) is 0 Å². The molecule has 16 heavy (non-hydrogen) atoms. The van der Waals surface area contributed by atoms with Crippen molar-refractivity contribution in [2.45, 2.75) is 16.1 Å². The Morgan fingerprint density at radius 3 is 3.31 bits per heavy atom. The zero-order chi connectivity index (χ0) is 10.7. The van der Waals surface area contributed by atoms with Crippen molar-refractivity contribution < 1.29 is 9.53 Å². The van der Waals surface area contributed by atoms with Crippen molar-refractivity contribution in [3.63, 3.8) is 0 Å². The molecule has 0 aliphatic carbocycles. The fraction of sp³-hybridized carbons (Fsp3) is 0.250. The molecule has 2 aliphatic heterocycles. The number of H-pyrrole nitrogens is 1. The SMILES string of the molecule is O=C1OC[C@H]2c3c[nH]c4cccc(c34)S[C@@H]12. The van der Waals surface area contributed by atoms with E-state index in [2.05, 4.69) is 17.1 Å². The summed E-state index contributed by atoms with van der Waals surface area (Å²) < 4.78 is 5.16. The van der Waals surface area contributed by atoms with E-state index in [1.165, 1.54) is 15.8 Å². The second-order valence-electron chi connectivity index (χ2n) is 4.20. The van der Waals surface area contributed by atoms with Crippen molar-refractivity contribution in [3.8, 4) is 0 Å². The number of esters is 1. The molecule has 0 unspecified atom stereocenters. The van der Waals surface area contributed by atoms with Gasteiger partial charge >= 0.3 is 5.97 Å². The number of carbonyl (C=O) groups excluding carboxylic acids is 1. The van der Waals surface area contributed by atoms with Gasteiger partial charge < -0.3 is 9.72 Å². The van der Waals surface area contributed by atoms with Crippen molar-refractivity contribution in [2.75, 3.05) is 6.61 Å². The molecule has 0 bridgehead atoms. The topological polar surface area (TPSA) is 42.1 Å². The molecule has 3 nitrogen and oxygen atoms in total. The maximum Gasteiger partial charge on any atom is 0.320 e. The van der Waals surface area contributed by atoms with Crippen LogP contribution in [0.2, 0.25) is 0 Å². The average molecular weight is 231 g/mol. The van der Waals surface area contributed by atoms with Gasteiger partial charge in [-0.25, -0.2) is 0 Å². The minimum atomic E-state index is -0.0705. The second kappa shape index (κ2) is 2.83. The van der Waals surface area contributed by atoms with Gasteiger partial charge in [0.15, 0.2) is 0 Å². The number of thioether (sulfide) groups is 1. The molecule has 0 saturated carbocycles. The van der Waals surface area contributed by atoms with Crippen LogP contribution in [0, 0.1) is 0 Å². The standard InChI is InChI=1S/C12H9NO2S/c14-12-11-7(5-15-12)6-4-13-8-2-1-3-9(16-11)10(6)8/h1-4,7,11,13H,5H2/t7-,11+/m0/s1. The van der Waals surface area contributed by atoms with E-state index >= 15 is 0 Å². The molecule has 0 radical (unpaired) electrons. The summed E-state index contributed by atoms with van der Waals surface area (Å²) in [5, 5.41) is 1.22. The predicted octanol–water partition coefficient (Wildman–Crippen LogP) is 2.28. The van der Waals surface area contributed by atoms with Gasteiger partial charge in [-0.15, -0.1) is 11.8 Å². The van der Waals surface area contributed by atoms with Crippen LogP contribution in [-0.2, 0) is 9.53 Å². The van der Waals surface area contributed by atoms with Gasteiger partial charge in [-0.1, -0.05) is 6.07 Å². The first-order valence-corrected chi connectivity index (χ1v) is 6.16. The Labute approximate surface area is 96.2 Å². The molecular weight excluding hydrogens is 222 g/mol. The lowest BCUT2D eigenvalue weighted by molar-refractivity contribution is -0.137. The predicted molar refractivity (Wildman–Crippen MR) is 61.6 cm³/mol. The lowest BCUT2D eigenvalue weighted by Gasteiger charge is -2.20. The lowest BCUT2D eigenvalue weighted by Crippen LogP contribution is -2.19. The summed E-state index contributed by atoms with van der Waals surface area (Å²) in [5.41, 5.74) is 2.39. The van der Waals surface area contributed by atoms with Crippen LogP contribution >= 0.6 is 11.8 Å². The molecule has 1 N–H and O–H groups in total. The van der Waals surface area contributed by atoms with Crippen LogP contribution in [0.5, 0.6) is 0 Å². The minimum absolute atomic E-state index is 0.0473. The van der Waals surface area contributed by atoms with Crippen molar-refractivity contribution >= 4 is 28.6 Å². The van der Waals surface area contributed by atoms with Gasteiger partial charge in [-0.05, 0) is 17.7 Å². The smallest absolute Gasteiger partial charge is 0.320 e. The Morgan fingerprint density at radius 1 is 1.44 bits per heavy atom. The first-order chi connectivity index (χ1) is 7.84. The molecule has 80 valence electrons. The molecule has 1 saturated heterocycles. The van der Waals surface area contributed by atoms with Crippen LogP contribution in [0.3, 0.4) is 0 Å². The van der Waals surface area contributed by atoms with Crippen LogP contribution in [-0.4, -0.2) is 22.8 Å². The largest absolute Gasteiger partial charge is 0.464 e. The molecule has 2 aliphatic rings. The highest BCUT2D eigenvalue weighted by Gasteiger charge is 2.43. The summed E-state index contributed by atoms with van der Waals surface area (Å²) >= 11 is 1.64. The fourth-order valence-corrected chi connectivity index (χ4v) is 3.92. The van der Waals surface area contributed by atoms with E-state index in [1.807, 2.05) is 12.3 Å². The molecule has 4 heteroatoms. The zero-order valence-corrected chi connectivity index (χ0v) is 9.21. The van der Waals surface area contributed by atoms with Gasteiger partial charge in [0.1, 0.15) is 5.25 Å². The number of benzene rings is 1. The van der Waals surface area contributed by atoms with Crippen LogP contribution < -0.4 is 0 Å². The summed E-state index contributed by atoms with van der Waals surface area (Å²) in [6.07, 6.45) is 2.02. The third-order valence-electron chi connectivity index (χ3n) is 3.35. The number of ether oxygens (including phenoxy) is 1. The zero-order valence-electron chi connectivity index (χ0n) is 8.40. The Bertz CT molecular complexity index is 604.